The lowest BCUT2D eigenvalue weighted by atomic mass is 9.97. The van der Waals surface area contributed by atoms with Crippen molar-refractivity contribution >= 4 is 0 Å². The Kier molecular flexibility index (Phi) is 2.91. The summed E-state index contributed by atoms with van der Waals surface area (Å²) in [6, 6.07) is 3.43. The van der Waals surface area contributed by atoms with Crippen molar-refractivity contribution in [1.29, 1.82) is 0 Å². The molecular formula is C12H16FNO. The van der Waals surface area contributed by atoms with Gasteiger partial charge in [-0.05, 0) is 55.0 Å². The molecule has 1 unspecified atom stereocenters. The van der Waals surface area contributed by atoms with E-state index in [9.17, 15) is 4.39 Å². The summed E-state index contributed by atoms with van der Waals surface area (Å²) < 4.78 is 18.4. The molecule has 2 rings (SSSR count). The molecule has 2 nitrogen and oxygen atoms in total. The Morgan fingerprint density at radius 3 is 3.00 bits per heavy atom. The van der Waals surface area contributed by atoms with Crippen LogP contribution in [0.4, 0.5) is 4.39 Å². The van der Waals surface area contributed by atoms with Gasteiger partial charge in [0.25, 0.3) is 0 Å². The molecule has 1 aromatic carbocycles. The van der Waals surface area contributed by atoms with E-state index < -0.39 is 0 Å². The number of methoxy groups -OCH3 is 1. The first-order valence-corrected chi connectivity index (χ1v) is 5.32. The molecule has 1 aromatic rings. The van der Waals surface area contributed by atoms with Crippen LogP contribution in [0.15, 0.2) is 12.1 Å². The number of hydrogen-bond donors (Lipinski definition) is 1. The van der Waals surface area contributed by atoms with E-state index in [0.717, 1.165) is 24.8 Å². The molecule has 3 heteroatoms. The van der Waals surface area contributed by atoms with E-state index in [1.807, 2.05) is 6.07 Å². The minimum Gasteiger partial charge on any atom is -0.494 e. The number of rotatable bonds is 3. The smallest absolute Gasteiger partial charge is 0.165 e. The zero-order chi connectivity index (χ0) is 10.8. The topological polar surface area (TPSA) is 35.2 Å². The van der Waals surface area contributed by atoms with Crippen LogP contribution in [0.2, 0.25) is 0 Å². The zero-order valence-corrected chi connectivity index (χ0v) is 8.92. The third kappa shape index (κ3) is 1.84. The number of fused-ring (bicyclic) bond motifs is 1. The fourth-order valence-electron chi connectivity index (χ4n) is 2.35. The SMILES string of the molecule is COc1cc2c(cc1F)CCC2CCN. The largest absolute Gasteiger partial charge is 0.494 e. The van der Waals surface area contributed by atoms with Gasteiger partial charge in [-0.2, -0.15) is 0 Å². The van der Waals surface area contributed by atoms with Gasteiger partial charge in [-0.15, -0.1) is 0 Å². The Bertz CT molecular complexity index is 365. The highest BCUT2D eigenvalue weighted by molar-refractivity contribution is 5.42. The van der Waals surface area contributed by atoms with Crippen molar-refractivity contribution in [2.24, 2.45) is 5.73 Å². The molecule has 0 saturated heterocycles. The first kappa shape index (κ1) is 10.4. The molecule has 0 bridgehead atoms. The molecule has 1 atom stereocenters. The summed E-state index contributed by atoms with van der Waals surface area (Å²) in [5.74, 6) is 0.571. The van der Waals surface area contributed by atoms with Gasteiger partial charge in [0.1, 0.15) is 0 Å². The molecule has 0 amide bonds. The van der Waals surface area contributed by atoms with Crippen LogP contribution in [0.25, 0.3) is 0 Å². The average molecular weight is 209 g/mol. The zero-order valence-electron chi connectivity index (χ0n) is 8.92. The predicted molar refractivity (Wildman–Crippen MR) is 57.7 cm³/mol. The van der Waals surface area contributed by atoms with E-state index in [4.69, 9.17) is 10.5 Å². The van der Waals surface area contributed by atoms with Crippen LogP contribution in [-0.2, 0) is 6.42 Å². The molecule has 82 valence electrons. The molecule has 1 aliphatic rings. The average Bonchev–Trinajstić information content (AvgIpc) is 2.60. The normalized spacial score (nSPS) is 19.0. The summed E-state index contributed by atoms with van der Waals surface area (Å²) in [5.41, 5.74) is 7.90. The molecular weight excluding hydrogens is 193 g/mol. The van der Waals surface area contributed by atoms with Gasteiger partial charge in [-0.3, -0.25) is 0 Å². The Balaban J connectivity index is 2.35. The monoisotopic (exact) mass is 209 g/mol. The Labute approximate surface area is 89.2 Å². The molecule has 1 aliphatic carbocycles. The van der Waals surface area contributed by atoms with E-state index in [1.54, 1.807) is 6.07 Å². The molecule has 2 N–H and O–H groups in total. The van der Waals surface area contributed by atoms with Crippen LogP contribution in [0.5, 0.6) is 5.75 Å². The fourth-order valence-corrected chi connectivity index (χ4v) is 2.35. The van der Waals surface area contributed by atoms with Crippen LogP contribution in [-0.4, -0.2) is 13.7 Å². The molecule has 0 heterocycles. The fraction of sp³-hybridized carbons (Fsp3) is 0.500. The van der Waals surface area contributed by atoms with Crippen molar-refractivity contribution in [3.05, 3.63) is 29.1 Å². The van der Waals surface area contributed by atoms with Gasteiger partial charge in [0.2, 0.25) is 0 Å². The van der Waals surface area contributed by atoms with Gasteiger partial charge in [0.15, 0.2) is 11.6 Å². The van der Waals surface area contributed by atoms with E-state index in [0.29, 0.717) is 18.2 Å². The molecule has 0 saturated carbocycles. The second kappa shape index (κ2) is 4.19. The standard InChI is InChI=1S/C12H16FNO/c1-15-12-7-10-8(4-5-14)2-3-9(10)6-11(12)13/h6-8H,2-5,14H2,1H3. The Morgan fingerprint density at radius 1 is 1.53 bits per heavy atom. The summed E-state index contributed by atoms with van der Waals surface area (Å²) in [6.45, 7) is 0.684. The third-order valence-corrected chi connectivity index (χ3v) is 3.13. The Hall–Kier alpha value is -1.09. The van der Waals surface area contributed by atoms with Gasteiger partial charge in [0.05, 0.1) is 7.11 Å². The maximum Gasteiger partial charge on any atom is 0.165 e. The van der Waals surface area contributed by atoms with Gasteiger partial charge in [-0.1, -0.05) is 0 Å². The lowest BCUT2D eigenvalue weighted by molar-refractivity contribution is 0.385. The molecule has 0 radical (unpaired) electrons. The van der Waals surface area contributed by atoms with Gasteiger partial charge >= 0.3 is 0 Å². The van der Waals surface area contributed by atoms with E-state index >= 15 is 0 Å². The first-order valence-electron chi connectivity index (χ1n) is 5.32. The summed E-state index contributed by atoms with van der Waals surface area (Å²) >= 11 is 0. The van der Waals surface area contributed by atoms with Crippen molar-refractivity contribution in [1.82, 2.24) is 0 Å². The number of hydrogen-bond acceptors (Lipinski definition) is 2. The van der Waals surface area contributed by atoms with Crippen molar-refractivity contribution in [2.75, 3.05) is 13.7 Å². The highest BCUT2D eigenvalue weighted by Gasteiger charge is 2.23. The minimum atomic E-state index is -0.260. The van der Waals surface area contributed by atoms with Crippen LogP contribution >= 0.6 is 0 Å². The third-order valence-electron chi connectivity index (χ3n) is 3.13. The van der Waals surface area contributed by atoms with Crippen molar-refractivity contribution in [3.63, 3.8) is 0 Å². The van der Waals surface area contributed by atoms with Crippen molar-refractivity contribution in [2.45, 2.75) is 25.2 Å². The molecule has 0 fully saturated rings. The van der Waals surface area contributed by atoms with E-state index in [2.05, 4.69) is 0 Å². The maximum absolute atomic E-state index is 13.4. The molecule has 0 aromatic heterocycles. The number of aryl methyl sites for hydroxylation is 1. The highest BCUT2D eigenvalue weighted by Crippen LogP contribution is 2.38. The number of nitrogens with two attached hydrogens (primary N) is 1. The highest BCUT2D eigenvalue weighted by atomic mass is 19.1. The number of halogens is 1. The number of ether oxygens (including phenoxy) is 1. The minimum absolute atomic E-state index is 0.260. The number of benzene rings is 1. The lowest BCUT2D eigenvalue weighted by Gasteiger charge is -2.11. The van der Waals surface area contributed by atoms with E-state index in [-0.39, 0.29) is 5.82 Å². The Morgan fingerprint density at radius 2 is 2.33 bits per heavy atom. The lowest BCUT2D eigenvalue weighted by Crippen LogP contribution is -2.05. The molecule has 0 spiro atoms. The van der Waals surface area contributed by atoms with E-state index in [1.165, 1.54) is 12.7 Å². The van der Waals surface area contributed by atoms with Gasteiger partial charge < -0.3 is 10.5 Å². The summed E-state index contributed by atoms with van der Waals surface area (Å²) in [6.07, 6.45) is 3.02. The summed E-state index contributed by atoms with van der Waals surface area (Å²) in [4.78, 5) is 0. The second-order valence-corrected chi connectivity index (χ2v) is 4.00. The summed E-state index contributed by atoms with van der Waals surface area (Å²) in [7, 11) is 1.50. The maximum atomic E-state index is 13.4. The van der Waals surface area contributed by atoms with Crippen molar-refractivity contribution < 1.29 is 9.13 Å². The van der Waals surface area contributed by atoms with Crippen LogP contribution < -0.4 is 10.5 Å². The van der Waals surface area contributed by atoms with Gasteiger partial charge in [-0.25, -0.2) is 4.39 Å². The second-order valence-electron chi connectivity index (χ2n) is 4.00. The predicted octanol–water partition coefficient (Wildman–Crippen LogP) is 2.21. The molecule has 15 heavy (non-hydrogen) atoms. The van der Waals surface area contributed by atoms with Crippen molar-refractivity contribution in [3.8, 4) is 5.75 Å². The van der Waals surface area contributed by atoms with Crippen LogP contribution in [0.3, 0.4) is 0 Å². The van der Waals surface area contributed by atoms with Gasteiger partial charge in [0, 0.05) is 0 Å². The van der Waals surface area contributed by atoms with Crippen LogP contribution in [0, 0.1) is 5.82 Å². The quantitative estimate of drug-likeness (QED) is 0.828. The molecule has 0 aliphatic heterocycles. The summed E-state index contributed by atoms with van der Waals surface area (Å²) in [5, 5.41) is 0. The van der Waals surface area contributed by atoms with Crippen LogP contribution in [0.1, 0.15) is 29.9 Å². The first-order chi connectivity index (χ1) is 7.26.